The molecule has 3 rings (SSSR count). The van der Waals surface area contributed by atoms with Gasteiger partial charge in [-0.1, -0.05) is 6.92 Å². The zero-order chi connectivity index (χ0) is 23.3. The molecule has 1 aromatic heterocycles. The Morgan fingerprint density at radius 1 is 1.25 bits per heavy atom. The molecule has 0 radical (unpaired) electrons. The number of benzene rings is 1. The molecule has 1 aliphatic heterocycles. The molecule has 1 aliphatic rings. The van der Waals surface area contributed by atoms with Crippen LogP contribution in [0, 0.1) is 5.92 Å². The largest absolute Gasteiger partial charge is 0.444 e. The fourth-order valence-electron chi connectivity index (χ4n) is 3.71. The van der Waals surface area contributed by atoms with Gasteiger partial charge in [0.15, 0.2) is 5.82 Å². The highest BCUT2D eigenvalue weighted by Crippen LogP contribution is 2.23. The topological polar surface area (TPSA) is 114 Å². The van der Waals surface area contributed by atoms with Gasteiger partial charge in [-0.2, -0.15) is 0 Å². The number of nitrogens with zero attached hydrogens (tertiary/aromatic N) is 5. The van der Waals surface area contributed by atoms with Crippen LogP contribution in [0.1, 0.15) is 46.1 Å². The quantitative estimate of drug-likeness (QED) is 0.733. The molecule has 1 unspecified atom stereocenters. The van der Waals surface area contributed by atoms with Crippen LogP contribution in [-0.4, -0.2) is 62.5 Å². The van der Waals surface area contributed by atoms with E-state index in [9.17, 15) is 9.59 Å². The highest BCUT2D eigenvalue weighted by Gasteiger charge is 2.27. The lowest BCUT2D eigenvalue weighted by molar-refractivity contribution is 0.0168. The van der Waals surface area contributed by atoms with Crippen LogP contribution in [0.5, 0.6) is 0 Å². The van der Waals surface area contributed by atoms with Crippen LogP contribution in [0.2, 0.25) is 0 Å². The summed E-state index contributed by atoms with van der Waals surface area (Å²) in [6, 6.07) is 5.53. The number of anilines is 1. The summed E-state index contributed by atoms with van der Waals surface area (Å²) < 4.78 is 7.07. The third-order valence-corrected chi connectivity index (χ3v) is 5.26. The van der Waals surface area contributed by atoms with Crippen LogP contribution in [0.25, 0.3) is 11.4 Å². The minimum absolute atomic E-state index is 0.185. The van der Waals surface area contributed by atoms with E-state index in [2.05, 4.69) is 33.1 Å². The lowest BCUT2D eigenvalue weighted by atomic mass is 9.98. The van der Waals surface area contributed by atoms with Crippen molar-refractivity contribution in [3.63, 3.8) is 0 Å². The number of carbonyl (C=O) groups excluding carboxylic acids is 2. The Morgan fingerprint density at radius 3 is 2.69 bits per heavy atom. The molecule has 2 heterocycles. The van der Waals surface area contributed by atoms with Crippen LogP contribution in [0.4, 0.5) is 15.3 Å². The Hall–Kier alpha value is -3.17. The molecule has 2 aromatic rings. The molecule has 1 fully saturated rings. The number of likely N-dealkylation sites (tertiary alicyclic amines) is 1. The Morgan fingerprint density at radius 2 is 2.03 bits per heavy atom. The molecule has 10 heteroatoms. The standard InChI is InChI=1S/C22H33N7O3/c1-6-15-10-17(19-25-26-27-28(19)5)12-18(11-15)24-20(30)23-13-16-8-7-9-29(14-16)21(31)32-22(2,3)4/h10-12,16H,6-9,13-14H2,1-5H3,(H2,23,24,30). The van der Waals surface area contributed by atoms with Crippen molar-refractivity contribution in [2.75, 3.05) is 25.0 Å². The van der Waals surface area contributed by atoms with Crippen molar-refractivity contribution in [2.45, 2.75) is 52.6 Å². The van der Waals surface area contributed by atoms with E-state index in [0.29, 0.717) is 31.1 Å². The lowest BCUT2D eigenvalue weighted by Gasteiger charge is -2.34. The van der Waals surface area contributed by atoms with Gasteiger partial charge in [0.25, 0.3) is 0 Å². The predicted octanol–water partition coefficient (Wildman–Crippen LogP) is 3.21. The monoisotopic (exact) mass is 443 g/mol. The number of ether oxygens (including phenoxy) is 1. The number of aromatic nitrogens is 4. The van der Waals surface area contributed by atoms with Crippen molar-refractivity contribution in [3.8, 4) is 11.4 Å². The van der Waals surface area contributed by atoms with E-state index in [1.165, 1.54) is 0 Å². The SMILES string of the molecule is CCc1cc(NC(=O)NCC2CCCN(C(=O)OC(C)(C)C)C2)cc(-c2nnnn2C)c1. The van der Waals surface area contributed by atoms with E-state index < -0.39 is 5.60 Å². The Balaban J connectivity index is 1.57. The number of carbonyl (C=O) groups is 2. The van der Waals surface area contributed by atoms with Gasteiger partial charge in [0, 0.05) is 37.9 Å². The third-order valence-electron chi connectivity index (χ3n) is 5.26. The van der Waals surface area contributed by atoms with Gasteiger partial charge in [-0.15, -0.1) is 5.10 Å². The summed E-state index contributed by atoms with van der Waals surface area (Å²) >= 11 is 0. The van der Waals surface area contributed by atoms with Crippen molar-refractivity contribution >= 4 is 17.8 Å². The molecule has 174 valence electrons. The second kappa shape index (κ2) is 9.97. The maximum absolute atomic E-state index is 12.5. The van der Waals surface area contributed by atoms with Gasteiger partial charge >= 0.3 is 12.1 Å². The molecule has 3 amide bonds. The molecular formula is C22H33N7O3. The summed E-state index contributed by atoms with van der Waals surface area (Å²) in [6.07, 6.45) is 2.36. The van der Waals surface area contributed by atoms with E-state index in [1.54, 1.807) is 16.6 Å². The number of tetrazole rings is 1. The first-order chi connectivity index (χ1) is 15.1. The molecule has 0 bridgehead atoms. The maximum atomic E-state index is 12.5. The summed E-state index contributed by atoms with van der Waals surface area (Å²) in [6.45, 7) is 9.37. The van der Waals surface area contributed by atoms with Gasteiger partial charge in [-0.3, -0.25) is 0 Å². The fourth-order valence-corrected chi connectivity index (χ4v) is 3.71. The molecule has 0 saturated carbocycles. The highest BCUT2D eigenvalue weighted by atomic mass is 16.6. The van der Waals surface area contributed by atoms with E-state index in [0.717, 1.165) is 30.4 Å². The molecule has 32 heavy (non-hydrogen) atoms. The van der Waals surface area contributed by atoms with Gasteiger partial charge in [0.1, 0.15) is 5.60 Å². The van der Waals surface area contributed by atoms with E-state index in [-0.39, 0.29) is 18.0 Å². The number of rotatable bonds is 5. The van der Waals surface area contributed by atoms with E-state index in [4.69, 9.17) is 4.74 Å². The lowest BCUT2D eigenvalue weighted by Crippen LogP contribution is -2.46. The second-order valence-corrected chi connectivity index (χ2v) is 9.17. The number of piperidine rings is 1. The zero-order valence-corrected chi connectivity index (χ0v) is 19.5. The van der Waals surface area contributed by atoms with Crippen molar-refractivity contribution in [1.82, 2.24) is 30.4 Å². The minimum atomic E-state index is -0.519. The number of amides is 3. The predicted molar refractivity (Wildman–Crippen MR) is 121 cm³/mol. The van der Waals surface area contributed by atoms with Crippen LogP contribution < -0.4 is 10.6 Å². The van der Waals surface area contributed by atoms with Gasteiger partial charge in [-0.05, 0) is 80.1 Å². The summed E-state index contributed by atoms with van der Waals surface area (Å²) in [5.41, 5.74) is 2.07. The van der Waals surface area contributed by atoms with Gasteiger partial charge in [0.2, 0.25) is 0 Å². The highest BCUT2D eigenvalue weighted by molar-refractivity contribution is 5.90. The van der Waals surface area contributed by atoms with Crippen molar-refractivity contribution in [2.24, 2.45) is 13.0 Å². The number of urea groups is 1. The van der Waals surface area contributed by atoms with Crippen LogP contribution in [0.15, 0.2) is 18.2 Å². The Bertz CT molecular complexity index is 951. The number of aryl methyl sites for hydroxylation is 2. The minimum Gasteiger partial charge on any atom is -0.444 e. The molecule has 0 spiro atoms. The van der Waals surface area contributed by atoms with E-state index in [1.807, 2.05) is 39.0 Å². The molecule has 1 aromatic carbocycles. The second-order valence-electron chi connectivity index (χ2n) is 9.17. The molecule has 1 saturated heterocycles. The van der Waals surface area contributed by atoms with Crippen molar-refractivity contribution in [3.05, 3.63) is 23.8 Å². The Labute approximate surface area is 188 Å². The molecular weight excluding hydrogens is 410 g/mol. The van der Waals surface area contributed by atoms with Crippen LogP contribution in [-0.2, 0) is 18.2 Å². The van der Waals surface area contributed by atoms with Crippen molar-refractivity contribution in [1.29, 1.82) is 0 Å². The first kappa shape index (κ1) is 23.5. The number of hydrogen-bond acceptors (Lipinski definition) is 6. The molecule has 2 N–H and O–H groups in total. The summed E-state index contributed by atoms with van der Waals surface area (Å²) in [4.78, 5) is 26.6. The third kappa shape index (κ3) is 6.41. The zero-order valence-electron chi connectivity index (χ0n) is 19.5. The first-order valence-corrected chi connectivity index (χ1v) is 11.0. The molecule has 0 aliphatic carbocycles. The number of hydrogen-bond donors (Lipinski definition) is 2. The van der Waals surface area contributed by atoms with Crippen LogP contribution in [0.3, 0.4) is 0 Å². The van der Waals surface area contributed by atoms with Crippen LogP contribution >= 0.6 is 0 Å². The average Bonchev–Trinajstić information content (AvgIpc) is 3.17. The van der Waals surface area contributed by atoms with Gasteiger partial charge in [0.05, 0.1) is 0 Å². The normalized spacial score (nSPS) is 16.5. The van der Waals surface area contributed by atoms with Gasteiger partial charge < -0.3 is 20.3 Å². The van der Waals surface area contributed by atoms with Crippen molar-refractivity contribution < 1.29 is 14.3 Å². The maximum Gasteiger partial charge on any atom is 0.410 e. The number of nitrogens with one attached hydrogen (secondary N) is 2. The summed E-state index contributed by atoms with van der Waals surface area (Å²) in [7, 11) is 1.78. The first-order valence-electron chi connectivity index (χ1n) is 11.0. The smallest absolute Gasteiger partial charge is 0.410 e. The molecule has 10 nitrogen and oxygen atoms in total. The molecule has 1 atom stereocenters. The summed E-state index contributed by atoms with van der Waals surface area (Å²) in [5, 5.41) is 17.5. The fraction of sp³-hybridized carbons (Fsp3) is 0.591. The van der Waals surface area contributed by atoms with E-state index >= 15 is 0 Å². The Kier molecular flexibility index (Phi) is 7.32. The average molecular weight is 444 g/mol. The summed E-state index contributed by atoms with van der Waals surface area (Å²) in [5.74, 6) is 0.817. The van der Waals surface area contributed by atoms with Gasteiger partial charge in [-0.25, -0.2) is 14.3 Å².